The van der Waals surface area contributed by atoms with Crippen LogP contribution >= 0.6 is 11.3 Å². The maximum Gasteiger partial charge on any atom is 0.324 e. The number of esters is 1. The summed E-state index contributed by atoms with van der Waals surface area (Å²) in [5.74, 6) is -1.53. The monoisotopic (exact) mass is 966 g/mol. The molecule has 17 heteroatoms. The lowest BCUT2D eigenvalue weighted by molar-refractivity contribution is -0.157. The van der Waals surface area contributed by atoms with E-state index in [9.17, 15) is 19.2 Å². The Morgan fingerprint density at radius 2 is 1.77 bits per heavy atom. The molecule has 5 amide bonds. The molecule has 2 N–H and O–H groups in total. The van der Waals surface area contributed by atoms with E-state index in [1.807, 2.05) is 48.9 Å². The van der Waals surface area contributed by atoms with Crippen molar-refractivity contribution in [3.63, 3.8) is 0 Å². The summed E-state index contributed by atoms with van der Waals surface area (Å²) in [7, 11) is 3.35. The fourth-order valence-corrected chi connectivity index (χ4v) is 12.0. The lowest BCUT2D eigenvalue weighted by atomic mass is 9.76. The molecule has 372 valence electrons. The molecule has 1 spiro atoms. The molecular formula is C52H71N9O7S. The predicted octanol–water partition coefficient (Wildman–Crippen LogP) is 7.15. The quantitative estimate of drug-likeness (QED) is 0.164. The maximum atomic E-state index is 15.0. The highest BCUT2D eigenvalue weighted by atomic mass is 32.1. The number of nitrogens with zero attached hydrogens (tertiary/aromatic N) is 7. The Morgan fingerprint density at radius 3 is 2.43 bits per heavy atom. The second-order valence-corrected chi connectivity index (χ2v) is 21.9. The van der Waals surface area contributed by atoms with Crippen molar-refractivity contribution in [2.45, 2.75) is 143 Å². The van der Waals surface area contributed by atoms with Crippen LogP contribution in [-0.4, -0.2) is 134 Å². The highest BCUT2D eigenvalue weighted by Gasteiger charge is 2.52. The Balaban J connectivity index is 1.15. The van der Waals surface area contributed by atoms with E-state index in [0.717, 1.165) is 51.1 Å². The molecule has 0 radical (unpaired) electrons. The van der Waals surface area contributed by atoms with Gasteiger partial charge in [-0.25, -0.2) is 15.2 Å². The van der Waals surface area contributed by atoms with Gasteiger partial charge in [-0.2, -0.15) is 0 Å². The van der Waals surface area contributed by atoms with Crippen LogP contribution < -0.4 is 10.7 Å². The number of fused-ring (bicyclic) bond motifs is 6. The van der Waals surface area contributed by atoms with Crippen LogP contribution in [0.25, 0.3) is 33.4 Å². The minimum absolute atomic E-state index is 0.0553. The van der Waals surface area contributed by atoms with Crippen molar-refractivity contribution in [3.05, 3.63) is 58.2 Å². The first-order valence-corrected chi connectivity index (χ1v) is 25.7. The lowest BCUT2D eigenvalue weighted by Gasteiger charge is -2.57. The molecule has 0 saturated carbocycles. The number of amides is 5. The molecule has 8 rings (SSSR count). The number of likely N-dealkylation sites (N-methyl/N-ethyl adjacent to an activating group) is 1. The van der Waals surface area contributed by atoms with Gasteiger partial charge in [0, 0.05) is 104 Å². The smallest absolute Gasteiger partial charge is 0.324 e. The number of cyclic esters (lactones) is 1. The average molecular weight is 966 g/mol. The van der Waals surface area contributed by atoms with Crippen LogP contribution in [-0.2, 0) is 48.0 Å². The van der Waals surface area contributed by atoms with Crippen LogP contribution in [0.3, 0.4) is 0 Å². The number of hydrazine groups is 1. The summed E-state index contributed by atoms with van der Waals surface area (Å²) in [5, 5.41) is 8.28. The number of rotatable bonds is 9. The van der Waals surface area contributed by atoms with Crippen LogP contribution in [0.15, 0.2) is 41.9 Å². The van der Waals surface area contributed by atoms with Gasteiger partial charge in [-0.3, -0.25) is 29.2 Å². The number of aryl methyl sites for hydroxylation is 1. The zero-order chi connectivity index (χ0) is 49.6. The molecule has 16 nitrogen and oxygen atoms in total. The van der Waals surface area contributed by atoms with Crippen LogP contribution in [0.2, 0.25) is 0 Å². The summed E-state index contributed by atoms with van der Waals surface area (Å²) in [5.41, 5.74) is 7.43. The molecule has 4 aliphatic heterocycles. The summed E-state index contributed by atoms with van der Waals surface area (Å²) in [6.45, 7) is 18.6. The summed E-state index contributed by atoms with van der Waals surface area (Å²) in [6, 6.07) is 8.50. The van der Waals surface area contributed by atoms with Crippen LogP contribution in [0.4, 0.5) is 4.79 Å². The summed E-state index contributed by atoms with van der Waals surface area (Å²) in [6.07, 6.45) is 5.85. The molecule has 4 aromatic rings. The largest absolute Gasteiger partial charge is 0.464 e. The molecule has 1 aromatic carbocycles. The third-order valence-electron chi connectivity index (χ3n) is 15.1. The van der Waals surface area contributed by atoms with Crippen molar-refractivity contribution >= 4 is 52.0 Å². The second-order valence-electron chi connectivity index (χ2n) is 20.9. The highest BCUT2D eigenvalue weighted by molar-refractivity contribution is 7.10. The number of thiazole rings is 1. The number of carbonyl (C=O) groups is 5. The van der Waals surface area contributed by atoms with Crippen LogP contribution in [0, 0.1) is 11.3 Å². The summed E-state index contributed by atoms with van der Waals surface area (Å²) < 4.78 is 14.3. The third kappa shape index (κ3) is 9.62. The molecule has 4 aliphatic rings. The molecule has 6 bridgehead atoms. The molecule has 7 heterocycles. The van der Waals surface area contributed by atoms with Crippen molar-refractivity contribution in [2.75, 3.05) is 46.9 Å². The number of hydrogen-bond donors (Lipinski definition) is 2. The number of benzene rings is 1. The van der Waals surface area contributed by atoms with E-state index in [4.69, 9.17) is 19.4 Å². The number of pyridine rings is 1. The van der Waals surface area contributed by atoms with Gasteiger partial charge in [0.1, 0.15) is 17.6 Å². The number of piperidine rings is 1. The number of carbonyl (C=O) groups excluding carboxylic acids is 5. The second kappa shape index (κ2) is 19.8. The number of nitrogens with one attached hydrogen (secondary N) is 2. The number of hydrogen-bond acceptors (Lipinski definition) is 11. The number of aromatic nitrogens is 3. The number of likely N-dealkylation sites (tertiary alicyclic amines) is 2. The van der Waals surface area contributed by atoms with E-state index in [-0.39, 0.29) is 42.5 Å². The Labute approximate surface area is 410 Å². The standard InChI is InChI=1S/C52H71N9O7S/c1-11-42(62)58-24-19-52(20-25-58)21-26-60(52)49(66)57(9)44(32(3)4)46(63)55-51(8)29-41-54-39(30-69-41)34-17-18-40-36(27-34)37(45(59(40)12-2)35-15-13-22-53-43(35)33(5)67-10)28-50(6,7)31-68-47(64)38-16-14-23-61(56-38)48(51)65/h13,15,17-18,22,27,30,32-33,38,44,56H,11-12,14,16,19-21,23-26,28-29,31H2,1-10H3,(H,55,63)/t33-,38-,44-,51+/m0/s1. The normalized spacial score (nSPS) is 22.5. The average Bonchev–Trinajstić information content (AvgIpc) is 3.92. The van der Waals surface area contributed by atoms with E-state index < -0.39 is 40.8 Å². The van der Waals surface area contributed by atoms with E-state index in [2.05, 4.69) is 60.3 Å². The van der Waals surface area contributed by atoms with E-state index in [1.54, 1.807) is 27.3 Å². The number of ether oxygens (including phenoxy) is 2. The molecular weight excluding hydrogens is 895 g/mol. The van der Waals surface area contributed by atoms with Gasteiger partial charge >= 0.3 is 12.0 Å². The summed E-state index contributed by atoms with van der Waals surface area (Å²) in [4.78, 5) is 86.0. The topological polar surface area (TPSA) is 172 Å². The SMILES string of the molecule is CCC(=O)N1CCC2(CC1)CCN2C(=O)N(C)[C@H](C(=O)N[C@]1(C)Cc2nc(cs2)-c2ccc3c(c2)c(c(-c2cccnc2[C@H](C)OC)n3CC)CC(C)(C)COC(=O)[C@@H]2CCCN(N2)C1=O)C(C)C. The van der Waals surface area contributed by atoms with Gasteiger partial charge in [0.05, 0.1) is 34.8 Å². The Morgan fingerprint density at radius 1 is 1.03 bits per heavy atom. The maximum absolute atomic E-state index is 15.0. The first-order chi connectivity index (χ1) is 32.8. The van der Waals surface area contributed by atoms with E-state index in [1.165, 1.54) is 21.2 Å². The minimum atomic E-state index is -1.54. The van der Waals surface area contributed by atoms with Gasteiger partial charge in [-0.1, -0.05) is 40.7 Å². The number of urea groups is 1. The molecule has 4 atom stereocenters. The van der Waals surface area contributed by atoms with E-state index >= 15 is 4.79 Å². The minimum Gasteiger partial charge on any atom is -0.464 e. The van der Waals surface area contributed by atoms with Crippen molar-refractivity contribution in [2.24, 2.45) is 11.3 Å². The Kier molecular flexibility index (Phi) is 14.3. The highest BCUT2D eigenvalue weighted by Crippen LogP contribution is 2.43. The van der Waals surface area contributed by atoms with Gasteiger partial charge in [0.15, 0.2) is 0 Å². The molecule has 3 aromatic heterocycles. The first-order valence-electron chi connectivity index (χ1n) is 24.8. The van der Waals surface area contributed by atoms with Gasteiger partial charge in [0.2, 0.25) is 11.8 Å². The van der Waals surface area contributed by atoms with Crippen LogP contribution in [0.5, 0.6) is 0 Å². The molecule has 69 heavy (non-hydrogen) atoms. The lowest BCUT2D eigenvalue weighted by Crippen LogP contribution is -2.70. The van der Waals surface area contributed by atoms with Crippen molar-refractivity contribution < 1.29 is 33.4 Å². The summed E-state index contributed by atoms with van der Waals surface area (Å²) >= 11 is 1.42. The van der Waals surface area contributed by atoms with Crippen molar-refractivity contribution in [1.82, 2.24) is 45.0 Å². The van der Waals surface area contributed by atoms with Gasteiger partial charge in [0.25, 0.3) is 5.91 Å². The predicted molar refractivity (Wildman–Crippen MR) is 266 cm³/mol. The Bertz CT molecular complexity index is 2600. The molecule has 0 aliphatic carbocycles. The fraction of sp³-hybridized carbons (Fsp3) is 0.596. The van der Waals surface area contributed by atoms with Gasteiger partial charge < -0.3 is 34.1 Å². The first kappa shape index (κ1) is 50.0. The molecule has 0 unspecified atom stereocenters. The van der Waals surface area contributed by atoms with Gasteiger partial charge in [-0.15, -0.1) is 11.3 Å². The van der Waals surface area contributed by atoms with Crippen molar-refractivity contribution in [3.8, 4) is 22.5 Å². The fourth-order valence-electron chi connectivity index (χ4n) is 11.1. The third-order valence-corrected chi connectivity index (χ3v) is 15.9. The number of methoxy groups -OCH3 is 1. The molecule has 3 saturated heterocycles. The van der Waals surface area contributed by atoms with E-state index in [0.29, 0.717) is 76.3 Å². The molecule has 3 fully saturated rings. The van der Waals surface area contributed by atoms with Crippen molar-refractivity contribution in [1.29, 1.82) is 0 Å². The zero-order valence-electron chi connectivity index (χ0n) is 42.1. The Hall–Kier alpha value is -5.39. The zero-order valence-corrected chi connectivity index (χ0v) is 43.0. The van der Waals surface area contributed by atoms with Gasteiger partial charge in [-0.05, 0) is 95.0 Å². The van der Waals surface area contributed by atoms with Crippen LogP contribution in [0.1, 0.15) is 116 Å².